The van der Waals surface area contributed by atoms with Crippen molar-refractivity contribution < 1.29 is 19.5 Å². The van der Waals surface area contributed by atoms with Gasteiger partial charge in [-0.15, -0.1) is 0 Å². The number of aliphatic carboxylic acids is 1. The van der Waals surface area contributed by atoms with Crippen molar-refractivity contribution in [2.24, 2.45) is 5.73 Å². The molecule has 0 aromatic rings. The molecule has 0 heterocycles. The summed E-state index contributed by atoms with van der Waals surface area (Å²) in [6.45, 7) is 2.51. The number of urea groups is 1. The molecule has 0 unspecified atom stereocenters. The van der Waals surface area contributed by atoms with E-state index in [9.17, 15) is 14.4 Å². The first-order valence-electron chi connectivity index (χ1n) is 5.52. The van der Waals surface area contributed by atoms with E-state index in [4.69, 9.17) is 10.8 Å². The van der Waals surface area contributed by atoms with Crippen molar-refractivity contribution in [2.45, 2.75) is 38.6 Å². The highest BCUT2D eigenvalue weighted by atomic mass is 16.4. The first-order valence-corrected chi connectivity index (χ1v) is 5.52. The van der Waals surface area contributed by atoms with Crippen molar-refractivity contribution in [1.82, 2.24) is 10.6 Å². The van der Waals surface area contributed by atoms with E-state index in [1.807, 2.05) is 6.92 Å². The number of nitrogens with two attached hydrogens (primary N) is 1. The van der Waals surface area contributed by atoms with Gasteiger partial charge >= 0.3 is 12.0 Å². The van der Waals surface area contributed by atoms with Crippen molar-refractivity contribution >= 4 is 17.9 Å². The van der Waals surface area contributed by atoms with Crippen LogP contribution in [0.4, 0.5) is 4.79 Å². The second-order valence-corrected chi connectivity index (χ2v) is 3.67. The van der Waals surface area contributed by atoms with Crippen LogP contribution >= 0.6 is 0 Å². The number of carbonyl (C=O) groups excluding carboxylic acids is 2. The summed E-state index contributed by atoms with van der Waals surface area (Å²) in [6, 6.07) is -1.88. The number of hydrogen-bond acceptors (Lipinski definition) is 3. The Labute approximate surface area is 99.7 Å². The van der Waals surface area contributed by atoms with Crippen LogP contribution in [0.3, 0.4) is 0 Å². The van der Waals surface area contributed by atoms with Crippen molar-refractivity contribution in [1.29, 1.82) is 0 Å². The third kappa shape index (κ3) is 8.06. The first-order chi connectivity index (χ1) is 7.97. The Bertz CT molecular complexity index is 281. The van der Waals surface area contributed by atoms with Gasteiger partial charge in [-0.1, -0.05) is 19.8 Å². The molecule has 0 saturated heterocycles. The summed E-state index contributed by atoms with van der Waals surface area (Å²) in [4.78, 5) is 32.5. The third-order valence-electron chi connectivity index (χ3n) is 2.07. The Morgan fingerprint density at radius 1 is 1.29 bits per heavy atom. The van der Waals surface area contributed by atoms with E-state index in [0.717, 1.165) is 19.3 Å². The van der Waals surface area contributed by atoms with Gasteiger partial charge in [0.2, 0.25) is 5.91 Å². The smallest absolute Gasteiger partial charge is 0.326 e. The molecule has 3 amide bonds. The molecule has 0 saturated carbocycles. The summed E-state index contributed by atoms with van der Waals surface area (Å²) in [5.74, 6) is -2.06. The molecule has 5 N–H and O–H groups in total. The van der Waals surface area contributed by atoms with Crippen LogP contribution in [0.2, 0.25) is 0 Å². The van der Waals surface area contributed by atoms with Crippen LogP contribution in [0, 0.1) is 0 Å². The number of rotatable bonds is 8. The lowest BCUT2D eigenvalue weighted by Crippen LogP contribution is -2.47. The Morgan fingerprint density at radius 3 is 2.41 bits per heavy atom. The molecule has 0 aliphatic heterocycles. The summed E-state index contributed by atoms with van der Waals surface area (Å²) < 4.78 is 0. The molecule has 0 bridgehead atoms. The molecule has 0 fully saturated rings. The van der Waals surface area contributed by atoms with Gasteiger partial charge in [0, 0.05) is 6.54 Å². The molecule has 0 radical (unpaired) electrons. The molecule has 17 heavy (non-hydrogen) atoms. The van der Waals surface area contributed by atoms with Crippen molar-refractivity contribution in [3.63, 3.8) is 0 Å². The van der Waals surface area contributed by atoms with E-state index < -0.39 is 30.4 Å². The molecule has 7 heteroatoms. The van der Waals surface area contributed by atoms with Crippen LogP contribution < -0.4 is 16.4 Å². The number of carbonyl (C=O) groups is 3. The zero-order valence-electron chi connectivity index (χ0n) is 9.86. The van der Waals surface area contributed by atoms with Gasteiger partial charge in [0.05, 0.1) is 6.42 Å². The SMILES string of the molecule is CCCCCNC(=O)N[C@H](CC(N)=O)C(=O)O. The molecule has 0 aromatic heterocycles. The lowest BCUT2D eigenvalue weighted by Gasteiger charge is -2.13. The molecule has 0 aliphatic carbocycles. The maximum Gasteiger partial charge on any atom is 0.326 e. The molecule has 7 nitrogen and oxygen atoms in total. The van der Waals surface area contributed by atoms with Crippen molar-refractivity contribution in [3.8, 4) is 0 Å². The lowest BCUT2D eigenvalue weighted by molar-refractivity contribution is -0.140. The minimum atomic E-state index is -1.28. The van der Waals surface area contributed by atoms with Gasteiger partial charge in [-0.3, -0.25) is 4.79 Å². The Hall–Kier alpha value is -1.79. The minimum absolute atomic E-state index is 0.419. The quantitative estimate of drug-likeness (QED) is 0.442. The van der Waals surface area contributed by atoms with Gasteiger partial charge < -0.3 is 21.5 Å². The topological polar surface area (TPSA) is 122 Å². The Kier molecular flexibility index (Phi) is 7.49. The molecule has 98 valence electrons. The zero-order valence-corrected chi connectivity index (χ0v) is 9.86. The van der Waals surface area contributed by atoms with Crippen LogP contribution in [0.5, 0.6) is 0 Å². The number of primary amides is 1. The van der Waals surface area contributed by atoms with Gasteiger partial charge in [-0.05, 0) is 6.42 Å². The van der Waals surface area contributed by atoms with Crippen molar-refractivity contribution in [2.75, 3.05) is 6.54 Å². The van der Waals surface area contributed by atoms with Crippen LogP contribution in [0.15, 0.2) is 0 Å². The highest BCUT2D eigenvalue weighted by Gasteiger charge is 2.21. The van der Waals surface area contributed by atoms with E-state index in [1.54, 1.807) is 0 Å². The van der Waals surface area contributed by atoms with Crippen LogP contribution in [0.1, 0.15) is 32.6 Å². The van der Waals surface area contributed by atoms with E-state index in [0.29, 0.717) is 6.54 Å². The van der Waals surface area contributed by atoms with Crippen molar-refractivity contribution in [3.05, 3.63) is 0 Å². The van der Waals surface area contributed by atoms with Crippen LogP contribution in [0.25, 0.3) is 0 Å². The summed E-state index contributed by atoms with van der Waals surface area (Å²) in [6.07, 6.45) is 2.43. The summed E-state index contributed by atoms with van der Waals surface area (Å²) >= 11 is 0. The van der Waals surface area contributed by atoms with Crippen LogP contribution in [-0.2, 0) is 9.59 Å². The number of hydrogen-bond donors (Lipinski definition) is 4. The zero-order chi connectivity index (χ0) is 13.3. The summed E-state index contributed by atoms with van der Waals surface area (Å²) in [5.41, 5.74) is 4.87. The summed E-state index contributed by atoms with van der Waals surface area (Å²) in [7, 11) is 0. The highest BCUT2D eigenvalue weighted by molar-refractivity contribution is 5.87. The monoisotopic (exact) mass is 245 g/mol. The maximum absolute atomic E-state index is 11.3. The first kappa shape index (κ1) is 15.2. The second kappa shape index (κ2) is 8.37. The van der Waals surface area contributed by atoms with E-state index in [2.05, 4.69) is 10.6 Å². The van der Waals surface area contributed by atoms with Gasteiger partial charge in [0.25, 0.3) is 0 Å². The normalized spacial score (nSPS) is 11.6. The van der Waals surface area contributed by atoms with Gasteiger partial charge in [0.1, 0.15) is 6.04 Å². The molecular formula is C10H19N3O4. The second-order valence-electron chi connectivity index (χ2n) is 3.67. The van der Waals surface area contributed by atoms with Gasteiger partial charge in [-0.2, -0.15) is 0 Å². The number of carboxylic acid groups (broad SMARTS) is 1. The molecule has 0 aliphatic rings. The predicted molar refractivity (Wildman–Crippen MR) is 61.3 cm³/mol. The molecular weight excluding hydrogens is 226 g/mol. The van der Waals surface area contributed by atoms with Gasteiger partial charge in [0.15, 0.2) is 0 Å². The number of carboxylic acids is 1. The third-order valence-corrected chi connectivity index (χ3v) is 2.07. The fraction of sp³-hybridized carbons (Fsp3) is 0.700. The number of nitrogens with one attached hydrogen (secondary N) is 2. The van der Waals surface area contributed by atoms with E-state index in [1.165, 1.54) is 0 Å². The largest absolute Gasteiger partial charge is 0.480 e. The molecule has 0 rings (SSSR count). The van der Waals surface area contributed by atoms with E-state index >= 15 is 0 Å². The standard InChI is InChI=1S/C10H19N3O4/c1-2-3-4-5-12-10(17)13-7(9(15)16)6-8(11)14/h7H,2-6H2,1H3,(H2,11,14)(H,15,16)(H2,12,13,17)/t7-/m1/s1. The predicted octanol–water partition coefficient (Wildman–Crippen LogP) is -0.196. The van der Waals surface area contributed by atoms with Gasteiger partial charge in [-0.25, -0.2) is 9.59 Å². The maximum atomic E-state index is 11.3. The average Bonchev–Trinajstić information content (AvgIpc) is 2.22. The number of amides is 3. The Morgan fingerprint density at radius 2 is 1.94 bits per heavy atom. The lowest BCUT2D eigenvalue weighted by atomic mass is 10.2. The van der Waals surface area contributed by atoms with E-state index in [-0.39, 0.29) is 0 Å². The average molecular weight is 245 g/mol. The summed E-state index contributed by atoms with van der Waals surface area (Å²) in [5, 5.41) is 13.4. The highest BCUT2D eigenvalue weighted by Crippen LogP contribution is 1.93. The fourth-order valence-electron chi connectivity index (χ4n) is 1.19. The number of unbranched alkanes of at least 4 members (excludes halogenated alkanes) is 2. The Balaban J connectivity index is 3.96. The molecule has 0 aromatic carbocycles. The molecule has 1 atom stereocenters. The molecule has 0 spiro atoms. The van der Waals surface area contributed by atoms with Crippen LogP contribution in [-0.4, -0.2) is 35.6 Å². The minimum Gasteiger partial charge on any atom is -0.480 e. The fourth-order valence-corrected chi connectivity index (χ4v) is 1.19.